The Bertz CT molecular complexity index is 621. The molecule has 2 aromatic rings. The van der Waals surface area contributed by atoms with Gasteiger partial charge in [0.25, 0.3) is 5.56 Å². The zero-order valence-corrected chi connectivity index (χ0v) is 9.64. The summed E-state index contributed by atoms with van der Waals surface area (Å²) in [5, 5.41) is 11.9. The number of nitrogens with one attached hydrogen (secondary N) is 2. The van der Waals surface area contributed by atoms with Gasteiger partial charge in [0.05, 0.1) is 10.9 Å². The van der Waals surface area contributed by atoms with Crippen LogP contribution in [-0.4, -0.2) is 27.6 Å². The van der Waals surface area contributed by atoms with Crippen LogP contribution >= 0.6 is 0 Å². The first-order valence-corrected chi connectivity index (χ1v) is 5.61. The van der Waals surface area contributed by atoms with Crippen molar-refractivity contribution in [1.29, 1.82) is 0 Å². The summed E-state index contributed by atoms with van der Waals surface area (Å²) < 4.78 is 0. The molecule has 0 saturated carbocycles. The molecule has 0 unspecified atom stereocenters. The number of carbonyl (C=O) groups is 1. The number of aromatic nitrogens is 2. The summed E-state index contributed by atoms with van der Waals surface area (Å²) in [6, 6.07) is 7.05. The Hall–Kier alpha value is -2.37. The Kier molecular flexibility index (Phi) is 3.57. The maximum absolute atomic E-state index is 11.7. The smallest absolute Gasteiger partial charge is 0.303 e. The second-order valence-corrected chi connectivity index (χ2v) is 3.86. The Morgan fingerprint density at radius 3 is 2.94 bits per heavy atom. The van der Waals surface area contributed by atoms with Crippen molar-refractivity contribution in [1.82, 2.24) is 9.97 Å². The zero-order valence-electron chi connectivity index (χ0n) is 9.64. The third-order valence-corrected chi connectivity index (χ3v) is 2.47. The minimum absolute atomic E-state index is 0.0881. The van der Waals surface area contributed by atoms with E-state index in [9.17, 15) is 9.59 Å². The highest BCUT2D eigenvalue weighted by Gasteiger charge is 2.02. The number of aromatic amines is 1. The van der Waals surface area contributed by atoms with E-state index in [4.69, 9.17) is 5.11 Å². The molecule has 0 radical (unpaired) electrons. The summed E-state index contributed by atoms with van der Waals surface area (Å²) in [5.41, 5.74) is 0.406. The third-order valence-electron chi connectivity index (χ3n) is 2.47. The van der Waals surface area contributed by atoms with Crippen LogP contribution in [-0.2, 0) is 4.79 Å². The van der Waals surface area contributed by atoms with Gasteiger partial charge in [0.2, 0.25) is 5.95 Å². The number of H-pyrrole nitrogens is 1. The standard InChI is InChI=1S/C12H13N3O3/c16-10(17)6-3-7-13-12-14-9-5-2-1-4-8(9)11(18)15-12/h1-2,4-5H,3,6-7H2,(H,16,17)(H2,13,14,15,18). The molecule has 6 nitrogen and oxygen atoms in total. The largest absolute Gasteiger partial charge is 0.481 e. The minimum atomic E-state index is -0.836. The highest BCUT2D eigenvalue weighted by molar-refractivity contribution is 5.78. The Balaban J connectivity index is 2.10. The molecule has 0 spiro atoms. The molecule has 0 saturated heterocycles. The number of fused-ring (bicyclic) bond motifs is 1. The maximum Gasteiger partial charge on any atom is 0.303 e. The van der Waals surface area contributed by atoms with Gasteiger partial charge in [-0.1, -0.05) is 12.1 Å². The molecule has 1 aromatic carbocycles. The first-order chi connectivity index (χ1) is 8.66. The van der Waals surface area contributed by atoms with Crippen LogP contribution in [0.3, 0.4) is 0 Å². The second-order valence-electron chi connectivity index (χ2n) is 3.86. The van der Waals surface area contributed by atoms with Gasteiger partial charge in [-0.2, -0.15) is 0 Å². The summed E-state index contributed by atoms with van der Waals surface area (Å²) >= 11 is 0. The van der Waals surface area contributed by atoms with Crippen LogP contribution in [0.15, 0.2) is 29.1 Å². The maximum atomic E-state index is 11.7. The normalized spacial score (nSPS) is 10.4. The van der Waals surface area contributed by atoms with Crippen LogP contribution in [0, 0.1) is 0 Å². The van der Waals surface area contributed by atoms with Gasteiger partial charge >= 0.3 is 5.97 Å². The third kappa shape index (κ3) is 2.85. The zero-order chi connectivity index (χ0) is 13.0. The molecular formula is C12H13N3O3. The van der Waals surface area contributed by atoms with Crippen molar-refractivity contribution in [3.05, 3.63) is 34.6 Å². The van der Waals surface area contributed by atoms with E-state index in [-0.39, 0.29) is 12.0 Å². The van der Waals surface area contributed by atoms with E-state index in [1.165, 1.54) is 0 Å². The van der Waals surface area contributed by atoms with Gasteiger partial charge in [0.1, 0.15) is 0 Å². The molecule has 0 aliphatic heterocycles. The molecule has 6 heteroatoms. The molecule has 1 heterocycles. The lowest BCUT2D eigenvalue weighted by atomic mass is 10.2. The number of anilines is 1. The summed E-state index contributed by atoms with van der Waals surface area (Å²) in [6.45, 7) is 0.452. The predicted molar refractivity (Wildman–Crippen MR) is 67.7 cm³/mol. The van der Waals surface area contributed by atoms with Gasteiger partial charge < -0.3 is 10.4 Å². The SMILES string of the molecule is O=C(O)CCCNc1nc2ccccc2c(=O)[nH]1. The van der Waals surface area contributed by atoms with Crippen LogP contribution in [0.5, 0.6) is 0 Å². The molecule has 0 aliphatic carbocycles. The van der Waals surface area contributed by atoms with Crippen LogP contribution in [0.4, 0.5) is 5.95 Å². The molecular weight excluding hydrogens is 234 g/mol. The van der Waals surface area contributed by atoms with Crippen molar-refractivity contribution in [2.75, 3.05) is 11.9 Å². The van der Waals surface area contributed by atoms with Crippen molar-refractivity contribution < 1.29 is 9.90 Å². The lowest BCUT2D eigenvalue weighted by molar-refractivity contribution is -0.137. The summed E-state index contributed by atoms with van der Waals surface area (Å²) in [5.74, 6) is -0.471. The molecule has 0 amide bonds. The topological polar surface area (TPSA) is 95.1 Å². The Morgan fingerprint density at radius 2 is 2.17 bits per heavy atom. The van der Waals surface area contributed by atoms with Gasteiger partial charge in [-0.3, -0.25) is 14.6 Å². The molecule has 3 N–H and O–H groups in total. The van der Waals surface area contributed by atoms with Crippen molar-refractivity contribution in [2.45, 2.75) is 12.8 Å². The van der Waals surface area contributed by atoms with E-state index in [1.54, 1.807) is 18.2 Å². The number of aliphatic carboxylic acids is 1. The monoisotopic (exact) mass is 247 g/mol. The lowest BCUT2D eigenvalue weighted by Gasteiger charge is -2.05. The molecule has 0 atom stereocenters. The van der Waals surface area contributed by atoms with E-state index in [0.29, 0.717) is 29.8 Å². The van der Waals surface area contributed by atoms with E-state index in [0.717, 1.165) is 0 Å². The van der Waals surface area contributed by atoms with E-state index in [2.05, 4.69) is 15.3 Å². The average molecular weight is 247 g/mol. The quantitative estimate of drug-likeness (QED) is 0.690. The molecule has 2 rings (SSSR count). The summed E-state index contributed by atoms with van der Waals surface area (Å²) in [4.78, 5) is 28.9. The summed E-state index contributed by atoms with van der Waals surface area (Å²) in [7, 11) is 0. The molecule has 18 heavy (non-hydrogen) atoms. The molecule has 1 aromatic heterocycles. The second kappa shape index (κ2) is 5.31. The van der Waals surface area contributed by atoms with Crippen molar-refractivity contribution >= 4 is 22.8 Å². The van der Waals surface area contributed by atoms with Crippen LogP contribution in [0.25, 0.3) is 10.9 Å². The van der Waals surface area contributed by atoms with Gasteiger partial charge in [-0.05, 0) is 18.6 Å². The first-order valence-electron chi connectivity index (χ1n) is 5.61. The van der Waals surface area contributed by atoms with Gasteiger partial charge in [0, 0.05) is 13.0 Å². The Labute approximate surface area is 103 Å². The molecule has 0 bridgehead atoms. The molecule has 94 valence electrons. The van der Waals surface area contributed by atoms with Gasteiger partial charge in [-0.15, -0.1) is 0 Å². The minimum Gasteiger partial charge on any atom is -0.481 e. The van der Waals surface area contributed by atoms with Crippen LogP contribution in [0.2, 0.25) is 0 Å². The molecule has 0 fully saturated rings. The highest BCUT2D eigenvalue weighted by atomic mass is 16.4. The fourth-order valence-electron chi connectivity index (χ4n) is 1.62. The predicted octanol–water partition coefficient (Wildman–Crippen LogP) is 1.20. The Morgan fingerprint density at radius 1 is 1.39 bits per heavy atom. The van der Waals surface area contributed by atoms with Gasteiger partial charge in [-0.25, -0.2) is 4.98 Å². The number of para-hydroxylation sites is 1. The lowest BCUT2D eigenvalue weighted by Crippen LogP contribution is -2.14. The number of hydrogen-bond donors (Lipinski definition) is 3. The van der Waals surface area contributed by atoms with Crippen LogP contribution < -0.4 is 10.9 Å². The van der Waals surface area contributed by atoms with Crippen molar-refractivity contribution in [2.24, 2.45) is 0 Å². The first kappa shape index (κ1) is 12.1. The van der Waals surface area contributed by atoms with E-state index in [1.807, 2.05) is 6.07 Å². The van der Waals surface area contributed by atoms with Crippen molar-refractivity contribution in [3.8, 4) is 0 Å². The number of carboxylic acid groups (broad SMARTS) is 1. The van der Waals surface area contributed by atoms with E-state index < -0.39 is 5.97 Å². The van der Waals surface area contributed by atoms with Crippen molar-refractivity contribution in [3.63, 3.8) is 0 Å². The summed E-state index contributed by atoms with van der Waals surface area (Å²) in [6.07, 6.45) is 0.566. The number of carboxylic acids is 1. The highest BCUT2D eigenvalue weighted by Crippen LogP contribution is 2.07. The number of rotatable bonds is 5. The fraction of sp³-hybridized carbons (Fsp3) is 0.250. The van der Waals surface area contributed by atoms with E-state index >= 15 is 0 Å². The fourth-order valence-corrected chi connectivity index (χ4v) is 1.62. The average Bonchev–Trinajstić information content (AvgIpc) is 2.35. The molecule has 0 aliphatic rings. The number of hydrogen-bond acceptors (Lipinski definition) is 4. The number of benzene rings is 1. The van der Waals surface area contributed by atoms with Crippen LogP contribution in [0.1, 0.15) is 12.8 Å². The van der Waals surface area contributed by atoms with Gasteiger partial charge in [0.15, 0.2) is 0 Å². The number of nitrogens with zero attached hydrogens (tertiary/aromatic N) is 1.